The minimum absolute atomic E-state index is 0.0299. The zero-order valence-electron chi connectivity index (χ0n) is 17.1. The molecule has 0 fully saturated rings. The van der Waals surface area contributed by atoms with Crippen molar-refractivity contribution in [1.82, 2.24) is 0 Å². The number of para-hydroxylation sites is 1. The number of nitrogens with zero attached hydrogens (tertiary/aromatic N) is 1. The number of nitro benzene ring substituents is 1. The van der Waals surface area contributed by atoms with Gasteiger partial charge in [-0.3, -0.25) is 19.7 Å². The summed E-state index contributed by atoms with van der Waals surface area (Å²) in [6, 6.07) is 18.0. The highest BCUT2D eigenvalue weighted by molar-refractivity contribution is 6.02. The van der Waals surface area contributed by atoms with Crippen molar-refractivity contribution in [2.24, 2.45) is 0 Å². The van der Waals surface area contributed by atoms with E-state index >= 15 is 0 Å². The van der Waals surface area contributed by atoms with E-state index in [0.717, 1.165) is 23.8 Å². The molecule has 0 bridgehead atoms. The maximum absolute atomic E-state index is 13.4. The zero-order valence-corrected chi connectivity index (χ0v) is 17.1. The molecule has 0 saturated heterocycles. The van der Waals surface area contributed by atoms with Crippen LogP contribution in [-0.2, 0) is 20.7 Å². The first kappa shape index (κ1) is 23.1. The first-order chi connectivity index (χ1) is 15.8. The van der Waals surface area contributed by atoms with Crippen LogP contribution in [0.2, 0.25) is 0 Å². The number of rotatable bonds is 8. The highest BCUT2D eigenvalue weighted by Gasteiger charge is 2.18. The van der Waals surface area contributed by atoms with Crippen LogP contribution in [0, 0.1) is 15.9 Å². The molecule has 0 aliphatic carbocycles. The number of benzene rings is 3. The van der Waals surface area contributed by atoms with E-state index in [2.05, 4.69) is 10.6 Å². The van der Waals surface area contributed by atoms with Crippen LogP contribution in [0.3, 0.4) is 0 Å². The molecule has 0 aliphatic heterocycles. The molecule has 9 nitrogen and oxygen atoms in total. The van der Waals surface area contributed by atoms with Gasteiger partial charge in [-0.2, -0.15) is 4.39 Å². The Hall–Kier alpha value is -4.60. The van der Waals surface area contributed by atoms with Crippen LogP contribution >= 0.6 is 0 Å². The van der Waals surface area contributed by atoms with Crippen LogP contribution < -0.4 is 10.6 Å². The largest absolute Gasteiger partial charge is 0.452 e. The minimum atomic E-state index is -1.05. The van der Waals surface area contributed by atoms with Gasteiger partial charge in [0.15, 0.2) is 6.61 Å². The smallest absolute Gasteiger partial charge is 0.340 e. The molecule has 0 heterocycles. The normalized spacial score (nSPS) is 10.2. The maximum atomic E-state index is 13.4. The van der Waals surface area contributed by atoms with Crippen molar-refractivity contribution >= 4 is 34.8 Å². The average molecular weight is 451 g/mol. The standard InChI is InChI=1S/C23H18FN3O6/c24-18-11-10-16(13-20(18)27(31)32)25-22(29)14-33-23(30)17-8-4-5-9-19(17)26-21(28)12-15-6-2-1-3-7-15/h1-11,13H,12,14H2,(H,25,29)(H,26,28). The third kappa shape index (κ3) is 6.44. The molecule has 33 heavy (non-hydrogen) atoms. The van der Waals surface area contributed by atoms with E-state index in [9.17, 15) is 28.9 Å². The summed E-state index contributed by atoms with van der Waals surface area (Å²) in [6.07, 6.45) is 0.108. The third-order valence-electron chi connectivity index (χ3n) is 4.39. The van der Waals surface area contributed by atoms with Gasteiger partial charge in [0.05, 0.1) is 22.6 Å². The van der Waals surface area contributed by atoms with E-state index in [1.165, 1.54) is 12.1 Å². The van der Waals surface area contributed by atoms with Gasteiger partial charge in [0, 0.05) is 11.8 Å². The van der Waals surface area contributed by atoms with E-state index < -0.39 is 34.9 Å². The molecule has 3 rings (SSSR count). The Kier molecular flexibility index (Phi) is 7.43. The molecule has 2 amide bonds. The van der Waals surface area contributed by atoms with Crippen LogP contribution in [0.25, 0.3) is 0 Å². The van der Waals surface area contributed by atoms with Gasteiger partial charge in [0.2, 0.25) is 11.7 Å². The Morgan fingerprint density at radius 1 is 0.909 bits per heavy atom. The van der Waals surface area contributed by atoms with Crippen LogP contribution in [0.4, 0.5) is 21.5 Å². The lowest BCUT2D eigenvalue weighted by atomic mass is 10.1. The number of halogens is 1. The summed E-state index contributed by atoms with van der Waals surface area (Å²) < 4.78 is 18.4. The summed E-state index contributed by atoms with van der Waals surface area (Å²) >= 11 is 0. The van der Waals surface area contributed by atoms with Crippen LogP contribution in [0.5, 0.6) is 0 Å². The fraction of sp³-hybridized carbons (Fsp3) is 0.0870. The van der Waals surface area contributed by atoms with Crippen molar-refractivity contribution in [3.05, 3.63) is 99.9 Å². The summed E-state index contributed by atoms with van der Waals surface area (Å²) in [5.41, 5.74) is 0.234. The number of amides is 2. The van der Waals surface area contributed by atoms with Crippen LogP contribution in [0.1, 0.15) is 15.9 Å². The van der Waals surface area contributed by atoms with E-state index in [1.54, 1.807) is 24.3 Å². The van der Waals surface area contributed by atoms with Crippen LogP contribution in [0.15, 0.2) is 72.8 Å². The number of carbonyl (C=O) groups is 3. The monoisotopic (exact) mass is 451 g/mol. The lowest BCUT2D eigenvalue weighted by Gasteiger charge is -2.11. The number of hydrogen-bond acceptors (Lipinski definition) is 6. The second-order valence-corrected chi connectivity index (χ2v) is 6.80. The SMILES string of the molecule is O=C(COC(=O)c1ccccc1NC(=O)Cc1ccccc1)Nc1ccc(F)c([N+](=O)[O-])c1. The van der Waals surface area contributed by atoms with Crippen molar-refractivity contribution in [3.63, 3.8) is 0 Å². The lowest BCUT2D eigenvalue weighted by Crippen LogP contribution is -2.22. The van der Waals surface area contributed by atoms with E-state index in [1.807, 2.05) is 18.2 Å². The number of nitro groups is 1. The molecule has 0 unspecified atom stereocenters. The predicted octanol–water partition coefficient (Wildman–Crippen LogP) is 3.71. The summed E-state index contributed by atoms with van der Waals surface area (Å²) in [5, 5.41) is 15.7. The summed E-state index contributed by atoms with van der Waals surface area (Å²) in [4.78, 5) is 46.7. The molecule has 0 aliphatic rings. The van der Waals surface area contributed by atoms with Gasteiger partial charge in [-0.25, -0.2) is 4.79 Å². The average Bonchev–Trinajstić information content (AvgIpc) is 2.79. The van der Waals surface area contributed by atoms with Crippen molar-refractivity contribution in [2.75, 3.05) is 17.2 Å². The Morgan fingerprint density at radius 3 is 2.33 bits per heavy atom. The first-order valence-electron chi connectivity index (χ1n) is 9.67. The first-order valence-corrected chi connectivity index (χ1v) is 9.67. The number of ether oxygens (including phenoxy) is 1. The number of hydrogen-bond donors (Lipinski definition) is 2. The summed E-state index contributed by atoms with van der Waals surface area (Å²) in [6.45, 7) is -0.698. The number of carbonyl (C=O) groups excluding carboxylic acids is 3. The molecule has 0 spiro atoms. The van der Waals surface area contributed by atoms with Crippen molar-refractivity contribution in [2.45, 2.75) is 6.42 Å². The Bertz CT molecular complexity index is 1200. The second-order valence-electron chi connectivity index (χ2n) is 6.80. The number of esters is 1. The van der Waals surface area contributed by atoms with E-state index in [-0.39, 0.29) is 29.3 Å². The maximum Gasteiger partial charge on any atom is 0.340 e. The lowest BCUT2D eigenvalue weighted by molar-refractivity contribution is -0.387. The van der Waals surface area contributed by atoms with Gasteiger partial charge in [-0.1, -0.05) is 42.5 Å². The highest BCUT2D eigenvalue weighted by atomic mass is 19.1. The molecule has 2 N–H and O–H groups in total. The van der Waals surface area contributed by atoms with Crippen molar-refractivity contribution < 1.29 is 28.4 Å². The summed E-state index contributed by atoms with van der Waals surface area (Å²) in [7, 11) is 0. The van der Waals surface area contributed by atoms with Gasteiger partial charge < -0.3 is 15.4 Å². The number of nitrogens with one attached hydrogen (secondary N) is 2. The molecule has 0 saturated carbocycles. The van der Waals surface area contributed by atoms with Gasteiger partial charge in [0.25, 0.3) is 5.91 Å². The van der Waals surface area contributed by atoms with Gasteiger partial charge in [-0.15, -0.1) is 0 Å². The number of anilines is 2. The molecule has 10 heteroatoms. The van der Waals surface area contributed by atoms with E-state index in [4.69, 9.17) is 4.74 Å². The van der Waals surface area contributed by atoms with Gasteiger partial charge >= 0.3 is 11.7 Å². The molecule has 0 aromatic heterocycles. The Morgan fingerprint density at radius 2 is 1.61 bits per heavy atom. The molecule has 168 valence electrons. The Balaban J connectivity index is 1.59. The molecular formula is C23H18FN3O6. The fourth-order valence-corrected chi connectivity index (χ4v) is 2.88. The molecule has 3 aromatic carbocycles. The highest BCUT2D eigenvalue weighted by Crippen LogP contribution is 2.22. The van der Waals surface area contributed by atoms with Crippen LogP contribution in [-0.4, -0.2) is 29.3 Å². The van der Waals surface area contributed by atoms with Crippen molar-refractivity contribution in [1.29, 1.82) is 0 Å². The minimum Gasteiger partial charge on any atom is -0.452 e. The predicted molar refractivity (Wildman–Crippen MR) is 117 cm³/mol. The van der Waals surface area contributed by atoms with Crippen molar-refractivity contribution in [3.8, 4) is 0 Å². The summed E-state index contributed by atoms with van der Waals surface area (Å²) in [5.74, 6) is -3.02. The molecule has 3 aromatic rings. The zero-order chi connectivity index (χ0) is 23.8. The Labute approximate surface area is 187 Å². The molecule has 0 atom stereocenters. The quantitative estimate of drug-likeness (QED) is 0.305. The molecule has 0 radical (unpaired) electrons. The van der Waals surface area contributed by atoms with Gasteiger partial charge in [-0.05, 0) is 29.8 Å². The topological polar surface area (TPSA) is 128 Å². The van der Waals surface area contributed by atoms with Gasteiger partial charge in [0.1, 0.15) is 0 Å². The fourth-order valence-electron chi connectivity index (χ4n) is 2.88. The molecular weight excluding hydrogens is 433 g/mol. The second kappa shape index (κ2) is 10.6. The van der Waals surface area contributed by atoms with E-state index in [0.29, 0.717) is 0 Å². The third-order valence-corrected chi connectivity index (χ3v) is 4.39.